The van der Waals surface area contributed by atoms with Gasteiger partial charge in [0.05, 0.1) is 5.69 Å². The van der Waals surface area contributed by atoms with Crippen molar-refractivity contribution in [3.05, 3.63) is 23.3 Å². The van der Waals surface area contributed by atoms with Gasteiger partial charge < -0.3 is 5.73 Å². The molecule has 1 aromatic rings. The molecule has 5 heteroatoms. The highest BCUT2D eigenvalue weighted by Gasteiger charge is 2.27. The monoisotopic (exact) mass is 232 g/mol. The summed E-state index contributed by atoms with van der Waals surface area (Å²) in [7, 11) is 0. The summed E-state index contributed by atoms with van der Waals surface area (Å²) in [5, 5.41) is 0. The maximum Gasteiger partial charge on any atom is 0.286 e. The summed E-state index contributed by atoms with van der Waals surface area (Å²) in [5.41, 5.74) is 7.32. The van der Waals surface area contributed by atoms with Crippen LogP contribution in [0.25, 0.3) is 0 Å². The van der Waals surface area contributed by atoms with Crippen LogP contribution in [0.3, 0.4) is 0 Å². The lowest BCUT2D eigenvalue weighted by molar-refractivity contribution is 0.0989. The lowest BCUT2D eigenvalue weighted by Crippen LogP contribution is -2.33. The summed E-state index contributed by atoms with van der Waals surface area (Å²) in [4.78, 5) is 21.7. The first-order chi connectivity index (χ1) is 8.22. The van der Waals surface area contributed by atoms with Crippen molar-refractivity contribution in [1.82, 2.24) is 14.9 Å². The lowest BCUT2D eigenvalue weighted by atomic mass is 10.1. The third kappa shape index (κ3) is 2.29. The van der Waals surface area contributed by atoms with Crippen molar-refractivity contribution in [2.45, 2.75) is 25.8 Å². The Hall–Kier alpha value is -1.49. The van der Waals surface area contributed by atoms with Gasteiger partial charge in [0.25, 0.3) is 5.91 Å². The fourth-order valence-corrected chi connectivity index (χ4v) is 2.30. The highest BCUT2D eigenvalue weighted by molar-refractivity contribution is 5.88. The van der Waals surface area contributed by atoms with Gasteiger partial charge in [-0.3, -0.25) is 9.69 Å². The lowest BCUT2D eigenvalue weighted by Gasteiger charge is -2.27. The van der Waals surface area contributed by atoms with Crippen LogP contribution in [-0.2, 0) is 13.0 Å². The smallest absolute Gasteiger partial charge is 0.286 e. The van der Waals surface area contributed by atoms with Crippen LogP contribution in [0.15, 0.2) is 6.20 Å². The van der Waals surface area contributed by atoms with Crippen molar-refractivity contribution in [3.8, 4) is 0 Å². The number of carbonyl (C=O) groups excluding carboxylic acids is 1. The number of hydrogen-bond acceptors (Lipinski definition) is 4. The van der Waals surface area contributed by atoms with Crippen molar-refractivity contribution in [1.29, 1.82) is 0 Å². The molecule has 0 atom stereocenters. The van der Waals surface area contributed by atoms with Gasteiger partial charge in [0, 0.05) is 25.8 Å². The number of nitrogens with zero attached hydrogens (tertiary/aromatic N) is 3. The number of primary amides is 1. The molecule has 3 rings (SSSR count). The molecule has 2 aliphatic rings. The van der Waals surface area contributed by atoms with Crippen LogP contribution in [0.2, 0.25) is 0 Å². The second-order valence-corrected chi connectivity index (χ2v) is 4.96. The normalized spacial score (nSPS) is 20.0. The molecule has 1 aromatic heterocycles. The van der Waals surface area contributed by atoms with Gasteiger partial charge in [-0.15, -0.1) is 0 Å². The fourth-order valence-electron chi connectivity index (χ4n) is 2.30. The maximum atomic E-state index is 11.0. The Morgan fingerprint density at radius 2 is 2.35 bits per heavy atom. The van der Waals surface area contributed by atoms with Crippen LogP contribution in [-0.4, -0.2) is 33.9 Å². The summed E-state index contributed by atoms with van der Waals surface area (Å²) in [5.74, 6) is 0.470. The minimum Gasteiger partial charge on any atom is -0.363 e. The Bertz CT molecular complexity index is 456. The zero-order chi connectivity index (χ0) is 11.8. The number of rotatable bonds is 3. The summed E-state index contributed by atoms with van der Waals surface area (Å²) < 4.78 is 0. The van der Waals surface area contributed by atoms with E-state index < -0.39 is 5.91 Å². The molecule has 0 unspecified atom stereocenters. The third-order valence-corrected chi connectivity index (χ3v) is 3.46. The Labute approximate surface area is 100 Å². The molecule has 1 aliphatic carbocycles. The second kappa shape index (κ2) is 4.07. The minimum atomic E-state index is -0.549. The predicted octanol–water partition coefficient (Wildman–Crippen LogP) is 0.344. The van der Waals surface area contributed by atoms with Gasteiger partial charge >= 0.3 is 0 Å². The van der Waals surface area contributed by atoms with Gasteiger partial charge in [-0.05, 0) is 30.7 Å². The largest absolute Gasteiger partial charge is 0.363 e. The molecule has 1 aliphatic heterocycles. The van der Waals surface area contributed by atoms with E-state index in [4.69, 9.17) is 5.73 Å². The molecular formula is C12H16N4O. The molecule has 1 amide bonds. The zero-order valence-electron chi connectivity index (χ0n) is 9.72. The number of hydrogen-bond donors (Lipinski definition) is 1. The molecule has 90 valence electrons. The summed E-state index contributed by atoms with van der Waals surface area (Å²) >= 11 is 0. The second-order valence-electron chi connectivity index (χ2n) is 4.96. The molecule has 5 nitrogen and oxygen atoms in total. The van der Waals surface area contributed by atoms with Gasteiger partial charge in [-0.1, -0.05) is 0 Å². The number of amides is 1. The molecule has 0 aromatic carbocycles. The molecule has 0 spiro atoms. The fraction of sp³-hybridized carbons (Fsp3) is 0.583. The van der Waals surface area contributed by atoms with Crippen LogP contribution in [0.4, 0.5) is 0 Å². The average molecular weight is 232 g/mol. The van der Waals surface area contributed by atoms with Crippen LogP contribution in [0, 0.1) is 5.92 Å². The molecule has 1 saturated carbocycles. The van der Waals surface area contributed by atoms with Crippen molar-refractivity contribution in [2.75, 3.05) is 13.1 Å². The van der Waals surface area contributed by atoms with Crippen molar-refractivity contribution >= 4 is 5.91 Å². The highest BCUT2D eigenvalue weighted by Crippen LogP contribution is 2.31. The van der Waals surface area contributed by atoms with E-state index in [0.29, 0.717) is 0 Å². The van der Waals surface area contributed by atoms with E-state index in [1.807, 2.05) is 0 Å². The molecule has 2 heterocycles. The highest BCUT2D eigenvalue weighted by atomic mass is 16.1. The molecule has 0 saturated heterocycles. The first-order valence-electron chi connectivity index (χ1n) is 6.09. The molecule has 1 fully saturated rings. The predicted molar refractivity (Wildman–Crippen MR) is 62.3 cm³/mol. The van der Waals surface area contributed by atoms with E-state index in [1.165, 1.54) is 12.8 Å². The van der Waals surface area contributed by atoms with E-state index in [9.17, 15) is 4.79 Å². The van der Waals surface area contributed by atoms with Crippen LogP contribution >= 0.6 is 0 Å². The average Bonchev–Trinajstić information content (AvgIpc) is 3.12. The molecule has 0 bridgehead atoms. The quantitative estimate of drug-likeness (QED) is 0.816. The summed E-state index contributed by atoms with van der Waals surface area (Å²) in [6.07, 6.45) is 5.44. The van der Waals surface area contributed by atoms with Gasteiger partial charge in [0.1, 0.15) is 0 Å². The number of fused-ring (bicyclic) bond motifs is 1. The van der Waals surface area contributed by atoms with E-state index in [-0.39, 0.29) is 5.82 Å². The molecule has 17 heavy (non-hydrogen) atoms. The Kier molecular flexibility index (Phi) is 2.55. The Morgan fingerprint density at radius 1 is 1.53 bits per heavy atom. The van der Waals surface area contributed by atoms with Crippen LogP contribution < -0.4 is 5.73 Å². The Morgan fingerprint density at radius 3 is 3.06 bits per heavy atom. The van der Waals surface area contributed by atoms with Gasteiger partial charge in [0.15, 0.2) is 0 Å². The zero-order valence-corrected chi connectivity index (χ0v) is 9.72. The van der Waals surface area contributed by atoms with Gasteiger partial charge in [0.2, 0.25) is 5.82 Å². The van der Waals surface area contributed by atoms with E-state index in [0.717, 1.165) is 43.2 Å². The van der Waals surface area contributed by atoms with Crippen molar-refractivity contribution < 1.29 is 4.79 Å². The molecule has 2 N–H and O–H groups in total. The van der Waals surface area contributed by atoms with E-state index >= 15 is 0 Å². The third-order valence-electron chi connectivity index (χ3n) is 3.46. The summed E-state index contributed by atoms with van der Waals surface area (Å²) in [6, 6.07) is 0. The molecule has 0 radical (unpaired) electrons. The van der Waals surface area contributed by atoms with Crippen molar-refractivity contribution in [2.24, 2.45) is 11.7 Å². The van der Waals surface area contributed by atoms with Gasteiger partial charge in [-0.25, -0.2) is 9.97 Å². The number of nitrogens with two attached hydrogens (primary N) is 1. The van der Waals surface area contributed by atoms with Crippen LogP contribution in [0.1, 0.15) is 34.7 Å². The summed E-state index contributed by atoms with van der Waals surface area (Å²) in [6.45, 7) is 3.06. The standard InChI is InChI=1S/C12H16N4O/c13-11(17)12-14-5-9-3-4-16(6-8-1-2-8)7-10(9)15-12/h5,8H,1-4,6-7H2,(H2,13,17). The van der Waals surface area contributed by atoms with Crippen molar-refractivity contribution in [3.63, 3.8) is 0 Å². The topological polar surface area (TPSA) is 72.1 Å². The van der Waals surface area contributed by atoms with Crippen LogP contribution in [0.5, 0.6) is 0 Å². The SMILES string of the molecule is NC(=O)c1ncc2c(n1)CN(CC1CC1)CC2. The van der Waals surface area contributed by atoms with E-state index in [2.05, 4.69) is 14.9 Å². The molecular weight excluding hydrogens is 216 g/mol. The minimum absolute atomic E-state index is 0.136. The maximum absolute atomic E-state index is 11.0. The number of carbonyl (C=O) groups is 1. The Balaban J connectivity index is 1.78. The van der Waals surface area contributed by atoms with E-state index in [1.54, 1.807) is 6.20 Å². The first-order valence-corrected chi connectivity index (χ1v) is 6.09. The first kappa shape index (κ1) is 10.7. The number of aromatic nitrogens is 2. The van der Waals surface area contributed by atoms with Gasteiger partial charge in [-0.2, -0.15) is 0 Å².